The van der Waals surface area contributed by atoms with Crippen molar-refractivity contribution >= 4 is 16.7 Å². The molecule has 1 heterocycles. The number of aromatic nitrogens is 2. The molecule has 4 nitrogen and oxygen atoms in total. The Bertz CT molecular complexity index is 750. The second kappa shape index (κ2) is 5.79. The van der Waals surface area contributed by atoms with Crippen molar-refractivity contribution < 1.29 is 4.79 Å². The molecule has 21 heavy (non-hydrogen) atoms. The predicted octanol–water partition coefficient (Wildman–Crippen LogP) is 2.85. The highest BCUT2D eigenvalue weighted by atomic mass is 16.1. The van der Waals surface area contributed by atoms with Crippen molar-refractivity contribution in [1.29, 1.82) is 0 Å². The highest BCUT2D eigenvalue weighted by Gasteiger charge is 2.10. The van der Waals surface area contributed by atoms with Crippen LogP contribution in [0.25, 0.3) is 10.8 Å². The van der Waals surface area contributed by atoms with Crippen LogP contribution in [0.5, 0.6) is 0 Å². The number of nitrogens with zero attached hydrogens (tertiary/aromatic N) is 2. The Hall–Kier alpha value is -2.62. The van der Waals surface area contributed by atoms with Crippen LogP contribution in [0.4, 0.5) is 0 Å². The summed E-state index contributed by atoms with van der Waals surface area (Å²) < 4.78 is 1.81. The van der Waals surface area contributed by atoms with Crippen LogP contribution in [-0.2, 0) is 6.54 Å². The van der Waals surface area contributed by atoms with E-state index in [9.17, 15) is 4.79 Å². The minimum absolute atomic E-state index is 0.0175. The van der Waals surface area contributed by atoms with Crippen molar-refractivity contribution in [2.24, 2.45) is 0 Å². The van der Waals surface area contributed by atoms with Gasteiger partial charge in [-0.05, 0) is 35.9 Å². The lowest BCUT2D eigenvalue weighted by molar-refractivity contribution is 0.0936. The fraction of sp³-hybridized carbons (Fsp3) is 0.176. The van der Waals surface area contributed by atoms with Crippen molar-refractivity contribution in [3.63, 3.8) is 0 Å². The van der Waals surface area contributed by atoms with Crippen molar-refractivity contribution in [3.8, 4) is 0 Å². The number of hydrogen-bond donors (Lipinski definition) is 1. The summed E-state index contributed by atoms with van der Waals surface area (Å²) in [7, 11) is 0. The van der Waals surface area contributed by atoms with Gasteiger partial charge in [0.05, 0.1) is 6.54 Å². The van der Waals surface area contributed by atoms with E-state index >= 15 is 0 Å². The molecule has 1 aromatic heterocycles. The summed E-state index contributed by atoms with van der Waals surface area (Å²) in [5, 5.41) is 9.35. The van der Waals surface area contributed by atoms with Gasteiger partial charge in [-0.3, -0.25) is 9.48 Å². The van der Waals surface area contributed by atoms with Crippen LogP contribution in [0, 0.1) is 0 Å². The zero-order chi connectivity index (χ0) is 14.7. The van der Waals surface area contributed by atoms with Gasteiger partial charge in [0, 0.05) is 24.0 Å². The van der Waals surface area contributed by atoms with Gasteiger partial charge in [-0.15, -0.1) is 0 Å². The first-order chi connectivity index (χ1) is 10.2. The van der Waals surface area contributed by atoms with Gasteiger partial charge in [-0.2, -0.15) is 5.10 Å². The van der Waals surface area contributed by atoms with Crippen LogP contribution in [0.1, 0.15) is 17.3 Å². The van der Waals surface area contributed by atoms with E-state index in [0.717, 1.165) is 10.8 Å². The van der Waals surface area contributed by atoms with E-state index in [0.29, 0.717) is 12.1 Å². The van der Waals surface area contributed by atoms with Crippen LogP contribution in [-0.4, -0.2) is 21.7 Å². The van der Waals surface area contributed by atoms with Gasteiger partial charge < -0.3 is 5.32 Å². The number of nitrogens with one attached hydrogen (secondary N) is 1. The standard InChI is InChI=1S/C17H17N3O/c1-13(12-20-10-4-9-18-20)19-17(21)16-8-7-14-5-2-3-6-15(14)11-16/h2-11,13H,12H2,1H3,(H,19,21)/t13-/m1/s1. The summed E-state index contributed by atoms with van der Waals surface area (Å²) in [6.07, 6.45) is 3.62. The van der Waals surface area contributed by atoms with Crippen molar-refractivity contribution in [2.75, 3.05) is 0 Å². The third-order valence-electron chi connectivity index (χ3n) is 3.41. The minimum Gasteiger partial charge on any atom is -0.348 e. The quantitative estimate of drug-likeness (QED) is 0.798. The van der Waals surface area contributed by atoms with Crippen molar-refractivity contribution in [2.45, 2.75) is 19.5 Å². The maximum Gasteiger partial charge on any atom is 0.251 e. The number of amides is 1. The molecule has 0 radical (unpaired) electrons. The molecule has 2 aromatic carbocycles. The molecule has 0 aliphatic heterocycles. The van der Waals surface area contributed by atoms with E-state index in [1.807, 2.05) is 66.3 Å². The van der Waals surface area contributed by atoms with E-state index in [2.05, 4.69) is 10.4 Å². The SMILES string of the molecule is C[C@H](Cn1cccn1)NC(=O)c1ccc2ccccc2c1. The number of benzene rings is 2. The highest BCUT2D eigenvalue weighted by molar-refractivity contribution is 5.98. The van der Waals surface area contributed by atoms with E-state index in [1.54, 1.807) is 6.20 Å². The number of fused-ring (bicyclic) bond motifs is 1. The molecule has 1 N–H and O–H groups in total. The summed E-state index contributed by atoms with van der Waals surface area (Å²) in [5.41, 5.74) is 0.681. The smallest absolute Gasteiger partial charge is 0.251 e. The fourth-order valence-corrected chi connectivity index (χ4v) is 2.37. The van der Waals surface area contributed by atoms with Gasteiger partial charge in [0.15, 0.2) is 0 Å². The van der Waals surface area contributed by atoms with Crippen LogP contribution < -0.4 is 5.32 Å². The van der Waals surface area contributed by atoms with Crippen LogP contribution in [0.3, 0.4) is 0 Å². The molecule has 0 spiro atoms. The summed E-state index contributed by atoms with van der Waals surface area (Å²) in [5.74, 6) is -0.0552. The first kappa shape index (κ1) is 13.4. The predicted molar refractivity (Wildman–Crippen MR) is 83.1 cm³/mol. The molecule has 0 saturated heterocycles. The third-order valence-corrected chi connectivity index (χ3v) is 3.41. The number of hydrogen-bond acceptors (Lipinski definition) is 2. The van der Waals surface area contributed by atoms with E-state index in [1.165, 1.54) is 0 Å². The Morgan fingerprint density at radius 2 is 2.00 bits per heavy atom. The van der Waals surface area contributed by atoms with E-state index < -0.39 is 0 Å². The molecule has 0 aliphatic rings. The molecular formula is C17H17N3O. The first-order valence-corrected chi connectivity index (χ1v) is 6.99. The molecule has 3 rings (SSSR count). The maximum atomic E-state index is 12.3. The Balaban J connectivity index is 1.71. The van der Waals surface area contributed by atoms with Gasteiger partial charge >= 0.3 is 0 Å². The van der Waals surface area contributed by atoms with Crippen molar-refractivity contribution in [3.05, 3.63) is 66.5 Å². The second-order valence-corrected chi connectivity index (χ2v) is 5.16. The number of carbonyl (C=O) groups is 1. The summed E-state index contributed by atoms with van der Waals surface area (Å²) in [6, 6.07) is 15.7. The van der Waals surface area contributed by atoms with Gasteiger partial charge in [0.2, 0.25) is 0 Å². The van der Waals surface area contributed by atoms with Gasteiger partial charge in [0.1, 0.15) is 0 Å². The Kier molecular flexibility index (Phi) is 3.69. The molecular weight excluding hydrogens is 262 g/mol. The number of carbonyl (C=O) groups excluding carboxylic acids is 1. The molecule has 106 valence electrons. The largest absolute Gasteiger partial charge is 0.348 e. The summed E-state index contributed by atoms with van der Waals surface area (Å²) in [4.78, 5) is 12.3. The van der Waals surface area contributed by atoms with Gasteiger partial charge in [-0.25, -0.2) is 0 Å². The Morgan fingerprint density at radius 3 is 2.76 bits per heavy atom. The monoisotopic (exact) mass is 279 g/mol. The number of rotatable bonds is 4. The molecule has 1 atom stereocenters. The second-order valence-electron chi connectivity index (χ2n) is 5.16. The van der Waals surface area contributed by atoms with Crippen LogP contribution in [0.2, 0.25) is 0 Å². The lowest BCUT2D eigenvalue weighted by Crippen LogP contribution is -2.35. The molecule has 0 saturated carbocycles. The third kappa shape index (κ3) is 3.11. The molecule has 3 aromatic rings. The zero-order valence-corrected chi connectivity index (χ0v) is 11.9. The zero-order valence-electron chi connectivity index (χ0n) is 11.9. The lowest BCUT2D eigenvalue weighted by atomic mass is 10.1. The molecule has 1 amide bonds. The molecule has 4 heteroatoms. The summed E-state index contributed by atoms with van der Waals surface area (Å²) in [6.45, 7) is 2.63. The topological polar surface area (TPSA) is 46.9 Å². The van der Waals surface area contributed by atoms with E-state index in [4.69, 9.17) is 0 Å². The Labute approximate surface area is 123 Å². The van der Waals surface area contributed by atoms with Crippen LogP contribution in [0.15, 0.2) is 60.9 Å². The minimum atomic E-state index is -0.0552. The Morgan fingerprint density at radius 1 is 1.19 bits per heavy atom. The maximum absolute atomic E-state index is 12.3. The normalized spacial score (nSPS) is 12.2. The molecule has 0 fully saturated rings. The van der Waals surface area contributed by atoms with Crippen molar-refractivity contribution in [1.82, 2.24) is 15.1 Å². The average molecular weight is 279 g/mol. The molecule has 0 bridgehead atoms. The first-order valence-electron chi connectivity index (χ1n) is 6.99. The fourth-order valence-electron chi connectivity index (χ4n) is 2.37. The van der Waals surface area contributed by atoms with E-state index in [-0.39, 0.29) is 11.9 Å². The average Bonchev–Trinajstić information content (AvgIpc) is 2.99. The molecule has 0 aliphatic carbocycles. The van der Waals surface area contributed by atoms with Gasteiger partial charge in [-0.1, -0.05) is 30.3 Å². The lowest BCUT2D eigenvalue weighted by Gasteiger charge is -2.14. The van der Waals surface area contributed by atoms with Crippen LogP contribution >= 0.6 is 0 Å². The summed E-state index contributed by atoms with van der Waals surface area (Å²) >= 11 is 0. The molecule has 0 unspecified atom stereocenters. The van der Waals surface area contributed by atoms with Gasteiger partial charge in [0.25, 0.3) is 5.91 Å². The highest BCUT2D eigenvalue weighted by Crippen LogP contribution is 2.15.